The standard InChI is InChI=1S/C21H20N2O4S2/c24-20(17-4-2-1-3-5-17)14-21-22-19(15-28-21)16-6-8-18(9-7-16)29(25,26)23-10-12-27-13-11-23/h1-9,15H,10-14H2. The first kappa shape index (κ1) is 19.9. The van der Waals surface area contributed by atoms with Gasteiger partial charge in [-0.15, -0.1) is 11.3 Å². The van der Waals surface area contributed by atoms with Crippen LogP contribution in [0.15, 0.2) is 64.9 Å². The molecule has 0 bridgehead atoms. The zero-order valence-electron chi connectivity index (χ0n) is 15.7. The molecular formula is C21H20N2O4S2. The first-order valence-electron chi connectivity index (χ1n) is 9.25. The lowest BCUT2D eigenvalue weighted by Crippen LogP contribution is -2.40. The third-order valence-corrected chi connectivity index (χ3v) is 7.48. The summed E-state index contributed by atoms with van der Waals surface area (Å²) in [6, 6.07) is 15.9. The quantitative estimate of drug-likeness (QED) is 0.563. The van der Waals surface area contributed by atoms with Gasteiger partial charge in [0.2, 0.25) is 10.0 Å². The lowest BCUT2D eigenvalue weighted by Gasteiger charge is -2.26. The monoisotopic (exact) mass is 428 g/mol. The number of carbonyl (C=O) groups is 1. The lowest BCUT2D eigenvalue weighted by atomic mass is 10.1. The molecule has 1 fully saturated rings. The summed E-state index contributed by atoms with van der Waals surface area (Å²) >= 11 is 1.43. The molecule has 6 nitrogen and oxygen atoms in total. The fourth-order valence-corrected chi connectivity index (χ4v) is 5.33. The Bertz CT molecular complexity index is 1090. The van der Waals surface area contributed by atoms with Crippen LogP contribution in [0.2, 0.25) is 0 Å². The maximum absolute atomic E-state index is 12.7. The van der Waals surface area contributed by atoms with E-state index in [1.165, 1.54) is 15.6 Å². The molecule has 3 aromatic rings. The van der Waals surface area contributed by atoms with Gasteiger partial charge in [0.1, 0.15) is 5.01 Å². The van der Waals surface area contributed by atoms with Crippen molar-refractivity contribution in [2.24, 2.45) is 0 Å². The van der Waals surface area contributed by atoms with Gasteiger partial charge in [0, 0.05) is 29.6 Å². The van der Waals surface area contributed by atoms with Crippen molar-refractivity contribution in [2.45, 2.75) is 11.3 Å². The zero-order valence-corrected chi connectivity index (χ0v) is 17.3. The summed E-state index contributed by atoms with van der Waals surface area (Å²) in [7, 11) is -3.51. The number of ketones is 1. The van der Waals surface area contributed by atoms with Crippen molar-refractivity contribution >= 4 is 27.1 Å². The van der Waals surface area contributed by atoms with Crippen LogP contribution in [0.5, 0.6) is 0 Å². The molecule has 150 valence electrons. The Morgan fingerprint density at radius 3 is 2.41 bits per heavy atom. The molecule has 0 unspecified atom stereocenters. The molecule has 0 spiro atoms. The number of thiazole rings is 1. The molecule has 2 heterocycles. The van der Waals surface area contributed by atoms with Crippen LogP contribution in [0, 0.1) is 0 Å². The average molecular weight is 429 g/mol. The lowest BCUT2D eigenvalue weighted by molar-refractivity contribution is 0.0730. The highest BCUT2D eigenvalue weighted by Gasteiger charge is 2.26. The Morgan fingerprint density at radius 2 is 1.72 bits per heavy atom. The minimum absolute atomic E-state index is 0.0263. The van der Waals surface area contributed by atoms with Crippen molar-refractivity contribution in [1.29, 1.82) is 0 Å². The van der Waals surface area contributed by atoms with Gasteiger partial charge in [-0.25, -0.2) is 13.4 Å². The van der Waals surface area contributed by atoms with Crippen LogP contribution >= 0.6 is 11.3 Å². The summed E-state index contributed by atoms with van der Waals surface area (Å²) in [6.07, 6.45) is 0.248. The molecule has 2 aromatic carbocycles. The molecular weight excluding hydrogens is 408 g/mol. The number of sulfonamides is 1. The van der Waals surface area contributed by atoms with Gasteiger partial charge < -0.3 is 4.74 Å². The molecule has 4 rings (SSSR count). The van der Waals surface area contributed by atoms with E-state index in [0.717, 1.165) is 16.3 Å². The maximum Gasteiger partial charge on any atom is 0.243 e. The molecule has 0 atom stereocenters. The number of nitrogens with zero attached hydrogens (tertiary/aromatic N) is 2. The molecule has 8 heteroatoms. The second-order valence-corrected chi connectivity index (χ2v) is 9.51. The maximum atomic E-state index is 12.7. The number of hydrogen-bond donors (Lipinski definition) is 0. The molecule has 0 aliphatic carbocycles. The summed E-state index contributed by atoms with van der Waals surface area (Å²) in [5.74, 6) is 0.0263. The predicted octanol–water partition coefficient (Wildman–Crippen LogP) is 3.26. The van der Waals surface area contributed by atoms with E-state index < -0.39 is 10.0 Å². The van der Waals surface area contributed by atoms with E-state index >= 15 is 0 Å². The van der Waals surface area contributed by atoms with Gasteiger partial charge in [0.15, 0.2) is 5.78 Å². The first-order valence-corrected chi connectivity index (χ1v) is 11.6. The number of hydrogen-bond acceptors (Lipinski definition) is 6. The van der Waals surface area contributed by atoms with Crippen molar-refractivity contribution in [3.63, 3.8) is 0 Å². The molecule has 1 aromatic heterocycles. The Morgan fingerprint density at radius 1 is 1.03 bits per heavy atom. The number of rotatable bonds is 6. The van der Waals surface area contributed by atoms with E-state index in [0.29, 0.717) is 31.9 Å². The number of aromatic nitrogens is 1. The highest BCUT2D eigenvalue weighted by molar-refractivity contribution is 7.89. The molecule has 1 aliphatic heterocycles. The SMILES string of the molecule is O=C(Cc1nc(-c2ccc(S(=O)(=O)N3CCOCC3)cc2)cs1)c1ccccc1. The smallest absolute Gasteiger partial charge is 0.243 e. The van der Waals surface area contributed by atoms with Gasteiger partial charge in [-0.3, -0.25) is 4.79 Å². The summed E-state index contributed by atoms with van der Waals surface area (Å²) in [5, 5.41) is 2.62. The highest BCUT2D eigenvalue weighted by Crippen LogP contribution is 2.25. The minimum Gasteiger partial charge on any atom is -0.379 e. The van der Waals surface area contributed by atoms with Crippen molar-refractivity contribution < 1.29 is 17.9 Å². The second kappa shape index (κ2) is 8.54. The zero-order chi connectivity index (χ0) is 20.3. The molecule has 0 radical (unpaired) electrons. The average Bonchev–Trinajstić information content (AvgIpc) is 3.23. The van der Waals surface area contributed by atoms with Gasteiger partial charge in [0.25, 0.3) is 0 Å². The number of morpholine rings is 1. The molecule has 0 amide bonds. The van der Waals surface area contributed by atoms with Crippen LogP contribution in [0.3, 0.4) is 0 Å². The Balaban J connectivity index is 1.48. The third-order valence-electron chi connectivity index (χ3n) is 4.72. The largest absolute Gasteiger partial charge is 0.379 e. The third kappa shape index (κ3) is 4.45. The summed E-state index contributed by atoms with van der Waals surface area (Å²) in [5.41, 5.74) is 2.23. The number of Topliss-reactive ketones (excluding diaryl/α,β-unsaturated/α-hetero) is 1. The number of carbonyl (C=O) groups excluding carboxylic acids is 1. The number of ether oxygens (including phenoxy) is 1. The Kier molecular flexibility index (Phi) is 5.86. The van der Waals surface area contributed by atoms with E-state index in [9.17, 15) is 13.2 Å². The van der Waals surface area contributed by atoms with Gasteiger partial charge >= 0.3 is 0 Å². The van der Waals surface area contributed by atoms with Crippen LogP contribution in [0.25, 0.3) is 11.3 Å². The number of benzene rings is 2. The minimum atomic E-state index is -3.51. The van der Waals surface area contributed by atoms with Gasteiger partial charge in [0.05, 0.1) is 30.2 Å². The van der Waals surface area contributed by atoms with Crippen molar-refractivity contribution in [3.05, 3.63) is 70.5 Å². The van der Waals surface area contributed by atoms with E-state index in [4.69, 9.17) is 4.74 Å². The van der Waals surface area contributed by atoms with E-state index in [-0.39, 0.29) is 17.1 Å². The second-order valence-electron chi connectivity index (χ2n) is 6.63. The Labute approximate surface area is 173 Å². The van der Waals surface area contributed by atoms with E-state index in [2.05, 4.69) is 4.98 Å². The summed E-state index contributed by atoms with van der Waals surface area (Å²) in [6.45, 7) is 1.57. The van der Waals surface area contributed by atoms with Crippen LogP contribution in [-0.2, 0) is 21.2 Å². The fraction of sp³-hybridized carbons (Fsp3) is 0.238. The molecule has 1 aliphatic rings. The van der Waals surface area contributed by atoms with Crippen molar-refractivity contribution in [3.8, 4) is 11.3 Å². The van der Waals surface area contributed by atoms with Crippen LogP contribution in [0.1, 0.15) is 15.4 Å². The summed E-state index contributed by atoms with van der Waals surface area (Å²) in [4.78, 5) is 17.2. The van der Waals surface area contributed by atoms with Gasteiger partial charge in [-0.05, 0) is 12.1 Å². The first-order chi connectivity index (χ1) is 14.0. The van der Waals surface area contributed by atoms with Gasteiger partial charge in [-0.2, -0.15) is 4.31 Å². The van der Waals surface area contributed by atoms with Crippen LogP contribution in [0.4, 0.5) is 0 Å². The van der Waals surface area contributed by atoms with Crippen LogP contribution < -0.4 is 0 Å². The van der Waals surface area contributed by atoms with Gasteiger partial charge in [-0.1, -0.05) is 42.5 Å². The van der Waals surface area contributed by atoms with Crippen molar-refractivity contribution in [2.75, 3.05) is 26.3 Å². The highest BCUT2D eigenvalue weighted by atomic mass is 32.2. The van der Waals surface area contributed by atoms with Crippen LogP contribution in [-0.4, -0.2) is 49.8 Å². The predicted molar refractivity (Wildman–Crippen MR) is 112 cm³/mol. The molecule has 29 heavy (non-hydrogen) atoms. The molecule has 1 saturated heterocycles. The molecule has 0 N–H and O–H groups in total. The summed E-state index contributed by atoms with van der Waals surface area (Å²) < 4.78 is 32.1. The van der Waals surface area contributed by atoms with E-state index in [1.54, 1.807) is 36.4 Å². The Hall–Kier alpha value is -2.39. The molecule has 0 saturated carbocycles. The fourth-order valence-electron chi connectivity index (χ4n) is 3.12. The normalized spacial score (nSPS) is 15.3. The van der Waals surface area contributed by atoms with E-state index in [1.807, 2.05) is 23.6 Å². The van der Waals surface area contributed by atoms with Crippen molar-refractivity contribution in [1.82, 2.24) is 9.29 Å². The topological polar surface area (TPSA) is 76.6 Å².